The van der Waals surface area contributed by atoms with Crippen molar-refractivity contribution < 1.29 is 19.1 Å². The van der Waals surface area contributed by atoms with Gasteiger partial charge in [-0.05, 0) is 67.9 Å². The number of rotatable bonds is 7. The number of carbonyl (C=O) groups is 2. The van der Waals surface area contributed by atoms with Crippen LogP contribution in [-0.4, -0.2) is 25.1 Å². The van der Waals surface area contributed by atoms with Crippen molar-refractivity contribution in [3.8, 4) is 5.75 Å². The largest absolute Gasteiger partial charge is 0.483 e. The lowest BCUT2D eigenvalue weighted by Gasteiger charge is -2.19. The van der Waals surface area contributed by atoms with E-state index in [9.17, 15) is 9.59 Å². The molecule has 0 spiro atoms. The number of fused-ring (bicyclic) bond motifs is 1. The lowest BCUT2D eigenvalue weighted by atomic mass is 9.86. The monoisotopic (exact) mass is 479 g/mol. The van der Waals surface area contributed by atoms with Gasteiger partial charge in [0.2, 0.25) is 0 Å². The standard InChI is InChI=1S/C22H26BrNO4S/c1-4-14-11-15(23)9-10-16(14)28-12-18(25)24-21-20(22(26)27-5-2)19-13(3)7-6-8-17(19)29-21/h9-11,13H,4-8,12H2,1-3H3,(H,24,25). The average molecular weight is 480 g/mol. The molecule has 2 aromatic rings. The van der Waals surface area contributed by atoms with Crippen LogP contribution in [0.4, 0.5) is 5.00 Å². The number of aryl methyl sites for hydroxylation is 2. The highest BCUT2D eigenvalue weighted by atomic mass is 79.9. The van der Waals surface area contributed by atoms with Crippen LogP contribution in [0.1, 0.15) is 65.9 Å². The van der Waals surface area contributed by atoms with Crippen LogP contribution in [-0.2, 0) is 22.4 Å². The van der Waals surface area contributed by atoms with Crippen LogP contribution in [0.15, 0.2) is 22.7 Å². The van der Waals surface area contributed by atoms with Crippen LogP contribution < -0.4 is 10.1 Å². The molecule has 0 saturated carbocycles. The van der Waals surface area contributed by atoms with E-state index in [1.165, 1.54) is 16.2 Å². The highest BCUT2D eigenvalue weighted by molar-refractivity contribution is 9.10. The van der Waals surface area contributed by atoms with Gasteiger partial charge in [-0.3, -0.25) is 4.79 Å². The Bertz CT molecular complexity index is 908. The molecule has 0 fully saturated rings. The molecule has 29 heavy (non-hydrogen) atoms. The first-order valence-electron chi connectivity index (χ1n) is 9.98. The van der Waals surface area contributed by atoms with Gasteiger partial charge in [0.25, 0.3) is 5.91 Å². The summed E-state index contributed by atoms with van der Waals surface area (Å²) in [5.74, 6) is 0.324. The Morgan fingerprint density at radius 1 is 1.31 bits per heavy atom. The number of benzene rings is 1. The number of amides is 1. The minimum atomic E-state index is -0.365. The summed E-state index contributed by atoms with van der Waals surface area (Å²) in [6.07, 6.45) is 3.87. The van der Waals surface area contributed by atoms with E-state index in [0.717, 1.165) is 41.3 Å². The molecule has 1 heterocycles. The SMILES string of the molecule is CCOC(=O)c1c(NC(=O)COc2ccc(Br)cc2CC)sc2c1C(C)CCC2. The highest BCUT2D eigenvalue weighted by Crippen LogP contribution is 2.43. The fraction of sp³-hybridized carbons (Fsp3) is 0.455. The fourth-order valence-electron chi connectivity index (χ4n) is 3.68. The number of anilines is 1. The van der Waals surface area contributed by atoms with Gasteiger partial charge in [0.05, 0.1) is 12.2 Å². The molecule has 1 atom stereocenters. The Labute approximate surface area is 183 Å². The first kappa shape index (κ1) is 21.8. The van der Waals surface area contributed by atoms with Crippen LogP contribution in [0.25, 0.3) is 0 Å². The second-order valence-corrected chi connectivity index (χ2v) is 9.12. The number of nitrogens with one attached hydrogen (secondary N) is 1. The Kier molecular flexibility index (Phi) is 7.35. The molecule has 1 unspecified atom stereocenters. The van der Waals surface area contributed by atoms with Crippen LogP contribution >= 0.6 is 27.3 Å². The van der Waals surface area contributed by atoms with Gasteiger partial charge in [-0.25, -0.2) is 4.79 Å². The molecule has 3 rings (SSSR count). The molecule has 1 amide bonds. The van der Waals surface area contributed by atoms with Gasteiger partial charge in [0.15, 0.2) is 6.61 Å². The fourth-order valence-corrected chi connectivity index (χ4v) is 5.45. The van der Waals surface area contributed by atoms with E-state index in [-0.39, 0.29) is 24.4 Å². The van der Waals surface area contributed by atoms with E-state index >= 15 is 0 Å². The predicted octanol–water partition coefficient (Wildman–Crippen LogP) is 5.71. The smallest absolute Gasteiger partial charge is 0.341 e. The molecule has 7 heteroatoms. The third-order valence-corrected chi connectivity index (χ3v) is 6.72. The van der Waals surface area contributed by atoms with E-state index in [0.29, 0.717) is 22.9 Å². The Morgan fingerprint density at radius 2 is 2.10 bits per heavy atom. The Hall–Kier alpha value is -1.86. The van der Waals surface area contributed by atoms with E-state index in [1.54, 1.807) is 6.92 Å². The van der Waals surface area contributed by atoms with Crippen molar-refractivity contribution in [3.63, 3.8) is 0 Å². The third-order valence-electron chi connectivity index (χ3n) is 5.05. The van der Waals surface area contributed by atoms with Crippen molar-refractivity contribution in [2.24, 2.45) is 0 Å². The molecule has 0 radical (unpaired) electrons. The summed E-state index contributed by atoms with van der Waals surface area (Å²) in [6, 6.07) is 5.73. The molecular formula is C22H26BrNO4S. The van der Waals surface area contributed by atoms with Crippen LogP contribution in [0.2, 0.25) is 0 Å². The molecule has 1 aliphatic carbocycles. The van der Waals surface area contributed by atoms with E-state index in [2.05, 4.69) is 28.2 Å². The molecular weight excluding hydrogens is 454 g/mol. The van der Waals surface area contributed by atoms with Crippen LogP contribution in [0.5, 0.6) is 5.75 Å². The molecule has 156 valence electrons. The number of ether oxygens (including phenoxy) is 2. The lowest BCUT2D eigenvalue weighted by Crippen LogP contribution is -2.22. The van der Waals surface area contributed by atoms with E-state index in [4.69, 9.17) is 9.47 Å². The Balaban J connectivity index is 1.77. The summed E-state index contributed by atoms with van der Waals surface area (Å²) >= 11 is 4.94. The number of thiophene rings is 1. The second-order valence-electron chi connectivity index (χ2n) is 7.10. The number of carbonyl (C=O) groups excluding carboxylic acids is 2. The molecule has 1 N–H and O–H groups in total. The van der Waals surface area contributed by atoms with Crippen molar-refractivity contribution in [2.75, 3.05) is 18.5 Å². The first-order valence-corrected chi connectivity index (χ1v) is 11.6. The van der Waals surface area contributed by atoms with Gasteiger partial charge in [-0.2, -0.15) is 0 Å². The molecule has 1 aromatic heterocycles. The molecule has 1 aliphatic rings. The topological polar surface area (TPSA) is 64.6 Å². The van der Waals surface area contributed by atoms with Crippen molar-refractivity contribution in [2.45, 2.75) is 52.4 Å². The summed E-state index contributed by atoms with van der Waals surface area (Å²) in [6.45, 7) is 6.14. The normalized spacial score (nSPS) is 15.5. The second kappa shape index (κ2) is 9.76. The zero-order valence-electron chi connectivity index (χ0n) is 17.0. The summed E-state index contributed by atoms with van der Waals surface area (Å²) in [4.78, 5) is 26.4. The summed E-state index contributed by atoms with van der Waals surface area (Å²) < 4.78 is 12.0. The summed E-state index contributed by atoms with van der Waals surface area (Å²) in [7, 11) is 0. The number of hydrogen-bond donors (Lipinski definition) is 1. The van der Waals surface area contributed by atoms with Crippen LogP contribution in [0, 0.1) is 0 Å². The molecule has 0 bridgehead atoms. The van der Waals surface area contributed by atoms with Crippen molar-refractivity contribution in [1.29, 1.82) is 0 Å². The maximum absolute atomic E-state index is 12.6. The third kappa shape index (κ3) is 5.01. The number of esters is 1. The minimum Gasteiger partial charge on any atom is -0.483 e. The maximum atomic E-state index is 12.6. The minimum absolute atomic E-state index is 0.116. The maximum Gasteiger partial charge on any atom is 0.341 e. The zero-order valence-corrected chi connectivity index (χ0v) is 19.4. The first-order chi connectivity index (χ1) is 13.9. The van der Waals surface area contributed by atoms with Crippen molar-refractivity contribution in [1.82, 2.24) is 0 Å². The van der Waals surface area contributed by atoms with Gasteiger partial charge in [-0.1, -0.05) is 29.8 Å². The van der Waals surface area contributed by atoms with Gasteiger partial charge < -0.3 is 14.8 Å². The lowest BCUT2D eigenvalue weighted by molar-refractivity contribution is -0.118. The Morgan fingerprint density at radius 3 is 2.83 bits per heavy atom. The van der Waals surface area contributed by atoms with Gasteiger partial charge in [-0.15, -0.1) is 11.3 Å². The zero-order chi connectivity index (χ0) is 21.0. The quantitative estimate of drug-likeness (QED) is 0.516. The summed E-state index contributed by atoms with van der Waals surface area (Å²) in [5.41, 5.74) is 2.59. The van der Waals surface area contributed by atoms with Crippen molar-refractivity contribution in [3.05, 3.63) is 44.2 Å². The highest BCUT2D eigenvalue weighted by Gasteiger charge is 2.30. The molecule has 1 aromatic carbocycles. The van der Waals surface area contributed by atoms with Crippen molar-refractivity contribution >= 4 is 44.1 Å². The summed E-state index contributed by atoms with van der Waals surface area (Å²) in [5, 5.41) is 3.46. The number of hydrogen-bond acceptors (Lipinski definition) is 5. The van der Waals surface area contributed by atoms with Gasteiger partial charge in [0.1, 0.15) is 10.8 Å². The predicted molar refractivity (Wildman–Crippen MR) is 119 cm³/mol. The van der Waals surface area contributed by atoms with Gasteiger partial charge >= 0.3 is 5.97 Å². The number of halogens is 1. The van der Waals surface area contributed by atoms with Gasteiger partial charge in [0, 0.05) is 9.35 Å². The van der Waals surface area contributed by atoms with E-state index in [1.807, 2.05) is 25.1 Å². The van der Waals surface area contributed by atoms with Crippen LogP contribution in [0.3, 0.4) is 0 Å². The molecule has 0 aliphatic heterocycles. The average Bonchev–Trinajstić information content (AvgIpc) is 3.06. The molecule has 5 nitrogen and oxygen atoms in total. The molecule has 0 saturated heterocycles. The van der Waals surface area contributed by atoms with E-state index < -0.39 is 0 Å².